The van der Waals surface area contributed by atoms with Crippen molar-refractivity contribution in [3.63, 3.8) is 0 Å². The van der Waals surface area contributed by atoms with Gasteiger partial charge in [-0.3, -0.25) is 14.6 Å². The zero-order valence-electron chi connectivity index (χ0n) is 21.1. The molecule has 1 atom stereocenters. The number of hydrogen-bond donors (Lipinski definition) is 1. The van der Waals surface area contributed by atoms with Gasteiger partial charge in [-0.15, -0.1) is 10.2 Å². The van der Waals surface area contributed by atoms with E-state index < -0.39 is 23.6 Å². The Balaban J connectivity index is 1.46. The van der Waals surface area contributed by atoms with E-state index in [0.29, 0.717) is 11.1 Å². The van der Waals surface area contributed by atoms with Gasteiger partial charge in [-0.1, -0.05) is 31.0 Å². The number of hydrogen-bond acceptors (Lipinski definition) is 6. The van der Waals surface area contributed by atoms with Crippen molar-refractivity contribution in [3.05, 3.63) is 95.8 Å². The maximum Gasteiger partial charge on any atom is 0.247 e. The lowest BCUT2D eigenvalue weighted by Gasteiger charge is -2.32. The molecule has 0 radical (unpaired) electrons. The van der Waals surface area contributed by atoms with E-state index >= 15 is 0 Å². The van der Waals surface area contributed by atoms with Gasteiger partial charge in [-0.05, 0) is 66.1 Å². The Hall–Kier alpha value is -4.54. The van der Waals surface area contributed by atoms with Gasteiger partial charge in [-0.2, -0.15) is 4.80 Å². The van der Waals surface area contributed by atoms with Gasteiger partial charge in [0.15, 0.2) is 0 Å². The second-order valence-electron chi connectivity index (χ2n) is 9.44. The van der Waals surface area contributed by atoms with Crippen LogP contribution in [0.3, 0.4) is 0 Å². The van der Waals surface area contributed by atoms with Crippen LogP contribution in [0.2, 0.25) is 0 Å². The Morgan fingerprint density at radius 1 is 1.00 bits per heavy atom. The van der Waals surface area contributed by atoms with Gasteiger partial charge >= 0.3 is 0 Å². The number of halogens is 2. The first kappa shape index (κ1) is 26.1. The molecule has 2 aromatic carbocycles. The summed E-state index contributed by atoms with van der Waals surface area (Å²) < 4.78 is 28.0. The highest BCUT2D eigenvalue weighted by molar-refractivity contribution is 5.88. The molecule has 1 saturated carbocycles. The van der Waals surface area contributed by atoms with Crippen molar-refractivity contribution >= 4 is 11.8 Å². The molecule has 39 heavy (non-hydrogen) atoms. The van der Waals surface area contributed by atoms with Crippen LogP contribution in [0, 0.1) is 11.6 Å². The minimum Gasteiger partial charge on any atom is -0.351 e. The third-order valence-corrected chi connectivity index (χ3v) is 6.73. The van der Waals surface area contributed by atoms with E-state index in [0.717, 1.165) is 30.5 Å². The van der Waals surface area contributed by atoms with Gasteiger partial charge < -0.3 is 10.2 Å². The Morgan fingerprint density at radius 2 is 1.72 bits per heavy atom. The topological polar surface area (TPSA) is 106 Å². The Labute approximate surface area is 223 Å². The van der Waals surface area contributed by atoms with Gasteiger partial charge in [-0.25, -0.2) is 8.78 Å². The molecule has 1 fully saturated rings. The molecular formula is C28H27F2N7O2. The smallest absolute Gasteiger partial charge is 0.247 e. The monoisotopic (exact) mass is 531 g/mol. The van der Waals surface area contributed by atoms with E-state index in [1.807, 2.05) is 0 Å². The van der Waals surface area contributed by atoms with E-state index in [2.05, 4.69) is 25.7 Å². The standard InChI is InChI=1S/C28H27F2N7O2/c29-22-11-9-20(10-12-22)27-33-35-37(34-27)18-25(38)36(17-21-5-1-4-8-24(21)30)26(19-13-15-31-16-14-19)28(39)32-23-6-2-3-7-23/h1,4-5,8-16,23,26H,2-3,6-7,17-18H2,(H,32,39)/t26-/m1/s1. The van der Waals surface area contributed by atoms with E-state index in [9.17, 15) is 18.4 Å². The zero-order valence-corrected chi connectivity index (χ0v) is 21.1. The summed E-state index contributed by atoms with van der Waals surface area (Å²) in [6.45, 7) is -0.503. The van der Waals surface area contributed by atoms with Crippen molar-refractivity contribution in [1.82, 2.24) is 35.4 Å². The second kappa shape index (κ2) is 11.9. The molecule has 5 rings (SSSR count). The predicted octanol–water partition coefficient (Wildman–Crippen LogP) is 3.84. The van der Waals surface area contributed by atoms with E-state index in [-0.39, 0.29) is 36.4 Å². The molecule has 0 bridgehead atoms. The van der Waals surface area contributed by atoms with Crippen LogP contribution >= 0.6 is 0 Å². The summed E-state index contributed by atoms with van der Waals surface area (Å²) in [4.78, 5) is 34.0. The third kappa shape index (κ3) is 6.31. The molecule has 0 unspecified atom stereocenters. The highest BCUT2D eigenvalue weighted by atomic mass is 19.1. The normalized spacial score (nSPS) is 14.2. The fourth-order valence-electron chi connectivity index (χ4n) is 4.74. The van der Waals surface area contributed by atoms with Gasteiger partial charge in [0.05, 0.1) is 0 Å². The van der Waals surface area contributed by atoms with Crippen molar-refractivity contribution < 1.29 is 18.4 Å². The molecule has 2 aromatic heterocycles. The molecule has 200 valence electrons. The molecule has 4 aromatic rings. The van der Waals surface area contributed by atoms with Gasteiger partial charge in [0.2, 0.25) is 17.6 Å². The van der Waals surface area contributed by atoms with Crippen LogP contribution in [0.15, 0.2) is 73.1 Å². The van der Waals surface area contributed by atoms with E-state index in [4.69, 9.17) is 0 Å². The van der Waals surface area contributed by atoms with Crippen molar-refractivity contribution in [2.24, 2.45) is 0 Å². The van der Waals surface area contributed by atoms with Crippen LogP contribution in [0.5, 0.6) is 0 Å². The molecule has 1 N–H and O–H groups in total. The second-order valence-corrected chi connectivity index (χ2v) is 9.44. The minimum absolute atomic E-state index is 0.0162. The molecule has 1 aliphatic carbocycles. The number of nitrogens with zero attached hydrogens (tertiary/aromatic N) is 6. The van der Waals surface area contributed by atoms with Crippen LogP contribution in [-0.2, 0) is 22.7 Å². The zero-order chi connectivity index (χ0) is 27.2. The highest BCUT2D eigenvalue weighted by Gasteiger charge is 2.34. The summed E-state index contributed by atoms with van der Waals surface area (Å²) in [7, 11) is 0. The Morgan fingerprint density at radius 3 is 2.44 bits per heavy atom. The summed E-state index contributed by atoms with van der Waals surface area (Å²) in [5.41, 5.74) is 1.34. The number of benzene rings is 2. The van der Waals surface area contributed by atoms with Gasteiger partial charge in [0.1, 0.15) is 24.2 Å². The van der Waals surface area contributed by atoms with Crippen LogP contribution in [0.25, 0.3) is 11.4 Å². The molecule has 2 amide bonds. The van der Waals surface area contributed by atoms with Gasteiger partial charge in [0, 0.05) is 36.1 Å². The van der Waals surface area contributed by atoms with Crippen LogP contribution in [0.4, 0.5) is 8.78 Å². The average Bonchev–Trinajstić information content (AvgIpc) is 3.63. The van der Waals surface area contributed by atoms with Crippen molar-refractivity contribution in [3.8, 4) is 11.4 Å². The molecule has 0 saturated heterocycles. The summed E-state index contributed by atoms with van der Waals surface area (Å²) in [5, 5.41) is 15.3. The summed E-state index contributed by atoms with van der Waals surface area (Å²) >= 11 is 0. The first-order chi connectivity index (χ1) is 19.0. The Bertz CT molecular complexity index is 1420. The van der Waals surface area contributed by atoms with Crippen molar-refractivity contribution in [2.45, 2.75) is 50.9 Å². The highest BCUT2D eigenvalue weighted by Crippen LogP contribution is 2.27. The SMILES string of the molecule is O=C(NC1CCCC1)[C@@H](c1ccncc1)N(Cc1ccccc1F)C(=O)Cn1nnc(-c2ccc(F)cc2)n1. The number of nitrogens with one attached hydrogen (secondary N) is 1. The van der Waals surface area contributed by atoms with E-state index in [1.165, 1.54) is 35.2 Å². The maximum atomic E-state index is 14.7. The largest absolute Gasteiger partial charge is 0.351 e. The maximum absolute atomic E-state index is 14.7. The van der Waals surface area contributed by atoms with Crippen LogP contribution in [-0.4, -0.2) is 47.9 Å². The molecular weight excluding hydrogens is 504 g/mol. The molecule has 0 spiro atoms. The first-order valence-electron chi connectivity index (χ1n) is 12.7. The average molecular weight is 532 g/mol. The van der Waals surface area contributed by atoms with Crippen LogP contribution in [0.1, 0.15) is 42.9 Å². The molecule has 2 heterocycles. The first-order valence-corrected chi connectivity index (χ1v) is 12.7. The lowest BCUT2D eigenvalue weighted by Crippen LogP contribution is -2.47. The third-order valence-electron chi connectivity index (χ3n) is 6.73. The molecule has 0 aliphatic heterocycles. The lowest BCUT2D eigenvalue weighted by molar-refractivity contribution is -0.142. The van der Waals surface area contributed by atoms with Crippen molar-refractivity contribution in [2.75, 3.05) is 0 Å². The number of tetrazole rings is 1. The molecule has 11 heteroatoms. The summed E-state index contributed by atoms with van der Waals surface area (Å²) in [5.74, 6) is -1.53. The minimum atomic E-state index is -1.04. The Kier molecular flexibility index (Phi) is 7.95. The van der Waals surface area contributed by atoms with E-state index in [1.54, 1.807) is 42.7 Å². The fraction of sp³-hybridized carbons (Fsp3) is 0.286. The summed E-state index contributed by atoms with van der Waals surface area (Å²) in [6.07, 6.45) is 6.88. The predicted molar refractivity (Wildman–Crippen MR) is 138 cm³/mol. The number of carbonyl (C=O) groups is 2. The van der Waals surface area contributed by atoms with Crippen LogP contribution < -0.4 is 5.32 Å². The quantitative estimate of drug-likeness (QED) is 0.352. The summed E-state index contributed by atoms with van der Waals surface area (Å²) in [6, 6.07) is 14.0. The number of rotatable bonds is 9. The number of pyridine rings is 1. The number of amides is 2. The van der Waals surface area contributed by atoms with Gasteiger partial charge in [0.25, 0.3) is 0 Å². The molecule has 1 aliphatic rings. The lowest BCUT2D eigenvalue weighted by atomic mass is 10.0. The fourth-order valence-corrected chi connectivity index (χ4v) is 4.74. The number of aromatic nitrogens is 5. The molecule has 9 nitrogen and oxygen atoms in total. The van der Waals surface area contributed by atoms with Crippen molar-refractivity contribution in [1.29, 1.82) is 0 Å². The number of carbonyl (C=O) groups excluding carboxylic acids is 2.